The van der Waals surface area contributed by atoms with Crippen molar-refractivity contribution in [3.8, 4) is 17.2 Å². The molecule has 3 rings (SSSR count). The molecule has 0 spiro atoms. The summed E-state index contributed by atoms with van der Waals surface area (Å²) >= 11 is 12.0. The SMILES string of the molecule is CCOc1ccc(C(=O)NC(=S)N(Cc2ccc(OCC(N)=O)c(OC)c2)C2CCCCC2)cc1Cl. The summed E-state index contributed by atoms with van der Waals surface area (Å²) < 4.78 is 16.3. The van der Waals surface area contributed by atoms with Crippen LogP contribution in [0.5, 0.6) is 17.2 Å². The largest absolute Gasteiger partial charge is 0.493 e. The molecule has 0 atom stereocenters. The maximum Gasteiger partial charge on any atom is 0.257 e. The van der Waals surface area contributed by atoms with E-state index in [4.69, 9.17) is 43.8 Å². The lowest BCUT2D eigenvalue weighted by molar-refractivity contribution is -0.119. The van der Waals surface area contributed by atoms with Crippen molar-refractivity contribution in [2.24, 2.45) is 5.73 Å². The Labute approximate surface area is 222 Å². The molecule has 1 aliphatic rings. The summed E-state index contributed by atoms with van der Waals surface area (Å²) in [6, 6.07) is 10.6. The topological polar surface area (TPSA) is 103 Å². The van der Waals surface area contributed by atoms with Crippen molar-refractivity contribution in [1.29, 1.82) is 0 Å². The highest BCUT2D eigenvalue weighted by molar-refractivity contribution is 7.80. The summed E-state index contributed by atoms with van der Waals surface area (Å²) in [6.07, 6.45) is 5.38. The van der Waals surface area contributed by atoms with E-state index in [2.05, 4.69) is 10.2 Å². The third-order valence-electron chi connectivity index (χ3n) is 5.94. The summed E-state index contributed by atoms with van der Waals surface area (Å²) in [5.74, 6) is 0.529. The molecule has 1 fully saturated rings. The average molecular weight is 534 g/mol. The number of thiocarbonyl (C=S) groups is 1. The second-order valence-electron chi connectivity index (χ2n) is 8.50. The molecule has 10 heteroatoms. The van der Waals surface area contributed by atoms with Crippen molar-refractivity contribution in [1.82, 2.24) is 10.2 Å². The van der Waals surface area contributed by atoms with E-state index in [1.807, 2.05) is 19.1 Å². The van der Waals surface area contributed by atoms with Crippen LogP contribution in [0.25, 0.3) is 0 Å². The lowest BCUT2D eigenvalue weighted by atomic mass is 9.94. The normalized spacial score (nSPS) is 13.5. The Bertz CT molecular complexity index is 1090. The zero-order valence-electron chi connectivity index (χ0n) is 20.6. The van der Waals surface area contributed by atoms with E-state index in [9.17, 15) is 9.59 Å². The van der Waals surface area contributed by atoms with Gasteiger partial charge in [0.15, 0.2) is 23.2 Å². The molecule has 36 heavy (non-hydrogen) atoms. The number of hydrogen-bond acceptors (Lipinski definition) is 6. The zero-order chi connectivity index (χ0) is 26.1. The Balaban J connectivity index is 1.77. The second kappa shape index (κ2) is 13.3. The van der Waals surface area contributed by atoms with Gasteiger partial charge in [0.2, 0.25) is 0 Å². The molecule has 2 amide bonds. The van der Waals surface area contributed by atoms with E-state index in [0.29, 0.717) is 46.1 Å². The van der Waals surface area contributed by atoms with Crippen LogP contribution in [0.15, 0.2) is 36.4 Å². The highest BCUT2D eigenvalue weighted by Gasteiger charge is 2.25. The lowest BCUT2D eigenvalue weighted by Gasteiger charge is -2.36. The van der Waals surface area contributed by atoms with E-state index in [0.717, 1.165) is 31.2 Å². The molecule has 3 N–H and O–H groups in total. The van der Waals surface area contributed by atoms with Crippen LogP contribution in [0.4, 0.5) is 0 Å². The van der Waals surface area contributed by atoms with Crippen molar-refractivity contribution in [3.63, 3.8) is 0 Å². The Kier molecular flexibility index (Phi) is 10.2. The van der Waals surface area contributed by atoms with Crippen molar-refractivity contribution in [3.05, 3.63) is 52.5 Å². The van der Waals surface area contributed by atoms with E-state index in [1.54, 1.807) is 24.3 Å². The predicted octanol–water partition coefficient (Wildman–Crippen LogP) is 4.46. The molecule has 1 aliphatic carbocycles. The standard InChI is InChI=1S/C26H32ClN3O5S/c1-3-34-21-12-10-18(14-20(21)27)25(32)29-26(36)30(19-7-5-4-6-8-19)15-17-9-11-22(23(13-17)33-2)35-16-24(28)31/h9-14,19H,3-8,15-16H2,1-2H3,(H2,28,31)(H,29,32,36). The number of nitrogens with one attached hydrogen (secondary N) is 1. The molecular formula is C26H32ClN3O5S. The minimum Gasteiger partial charge on any atom is -0.493 e. The molecule has 0 aromatic heterocycles. The molecule has 0 aliphatic heterocycles. The molecular weight excluding hydrogens is 502 g/mol. The molecule has 2 aromatic rings. The zero-order valence-corrected chi connectivity index (χ0v) is 22.1. The molecule has 0 saturated heterocycles. The first-order valence-electron chi connectivity index (χ1n) is 11.9. The van der Waals surface area contributed by atoms with Crippen molar-refractivity contribution in [2.75, 3.05) is 20.3 Å². The fraction of sp³-hybridized carbons (Fsp3) is 0.423. The number of ether oxygens (including phenoxy) is 3. The van der Waals surface area contributed by atoms with Crippen LogP contribution in [-0.4, -0.2) is 48.2 Å². The Morgan fingerprint density at radius 2 is 1.81 bits per heavy atom. The number of nitrogens with two attached hydrogens (primary N) is 1. The Hall–Kier alpha value is -3.04. The lowest BCUT2D eigenvalue weighted by Crippen LogP contribution is -2.48. The number of amides is 2. The number of benzene rings is 2. The highest BCUT2D eigenvalue weighted by Crippen LogP contribution is 2.30. The van der Waals surface area contributed by atoms with Gasteiger partial charge in [0.05, 0.1) is 18.7 Å². The molecule has 8 nitrogen and oxygen atoms in total. The van der Waals surface area contributed by atoms with Gasteiger partial charge < -0.3 is 24.8 Å². The Morgan fingerprint density at radius 1 is 1.08 bits per heavy atom. The summed E-state index contributed by atoms with van der Waals surface area (Å²) in [4.78, 5) is 26.1. The number of carbonyl (C=O) groups is 2. The number of nitrogens with zero attached hydrogens (tertiary/aromatic N) is 1. The van der Waals surface area contributed by atoms with Crippen LogP contribution in [0.1, 0.15) is 54.9 Å². The maximum absolute atomic E-state index is 13.0. The van der Waals surface area contributed by atoms with Gasteiger partial charge in [-0.05, 0) is 67.9 Å². The van der Waals surface area contributed by atoms with E-state index in [-0.39, 0.29) is 18.6 Å². The van der Waals surface area contributed by atoms with Gasteiger partial charge in [-0.25, -0.2) is 0 Å². The van der Waals surface area contributed by atoms with Gasteiger partial charge in [0.25, 0.3) is 11.8 Å². The van der Waals surface area contributed by atoms with E-state index >= 15 is 0 Å². The Morgan fingerprint density at radius 3 is 2.44 bits per heavy atom. The first-order chi connectivity index (χ1) is 17.3. The summed E-state index contributed by atoms with van der Waals surface area (Å²) in [5.41, 5.74) is 6.50. The molecule has 0 heterocycles. The number of halogens is 1. The molecule has 1 saturated carbocycles. The number of carbonyl (C=O) groups excluding carboxylic acids is 2. The van der Waals surface area contributed by atoms with Gasteiger partial charge in [0.1, 0.15) is 5.75 Å². The van der Waals surface area contributed by atoms with Gasteiger partial charge in [-0.15, -0.1) is 0 Å². The van der Waals surface area contributed by atoms with Gasteiger partial charge in [0, 0.05) is 18.2 Å². The van der Waals surface area contributed by atoms with Gasteiger partial charge in [-0.2, -0.15) is 0 Å². The van der Waals surface area contributed by atoms with Gasteiger partial charge in [-0.1, -0.05) is 36.9 Å². The monoisotopic (exact) mass is 533 g/mol. The summed E-state index contributed by atoms with van der Waals surface area (Å²) in [5, 5.41) is 3.59. The average Bonchev–Trinajstić information content (AvgIpc) is 2.87. The van der Waals surface area contributed by atoms with Crippen LogP contribution in [0, 0.1) is 0 Å². The van der Waals surface area contributed by atoms with Crippen LogP contribution in [-0.2, 0) is 11.3 Å². The van der Waals surface area contributed by atoms with Gasteiger partial charge >= 0.3 is 0 Å². The predicted molar refractivity (Wildman–Crippen MR) is 143 cm³/mol. The van der Waals surface area contributed by atoms with E-state index < -0.39 is 5.91 Å². The third-order valence-corrected chi connectivity index (χ3v) is 6.57. The molecule has 2 aromatic carbocycles. The maximum atomic E-state index is 13.0. The number of rotatable bonds is 10. The quantitative estimate of drug-likeness (QED) is 0.434. The van der Waals surface area contributed by atoms with Crippen LogP contribution in [0.2, 0.25) is 5.02 Å². The van der Waals surface area contributed by atoms with Crippen molar-refractivity contribution >= 4 is 40.7 Å². The van der Waals surface area contributed by atoms with Crippen LogP contribution in [0.3, 0.4) is 0 Å². The van der Waals surface area contributed by atoms with Crippen molar-refractivity contribution < 1.29 is 23.8 Å². The molecule has 0 radical (unpaired) electrons. The molecule has 0 bridgehead atoms. The highest BCUT2D eigenvalue weighted by atomic mass is 35.5. The minimum absolute atomic E-state index is 0.201. The smallest absolute Gasteiger partial charge is 0.257 e. The second-order valence-corrected chi connectivity index (χ2v) is 9.29. The number of methoxy groups -OCH3 is 1. The fourth-order valence-electron chi connectivity index (χ4n) is 4.19. The summed E-state index contributed by atoms with van der Waals surface area (Å²) in [7, 11) is 1.53. The van der Waals surface area contributed by atoms with Gasteiger partial charge in [-0.3, -0.25) is 14.9 Å². The molecule has 194 valence electrons. The minimum atomic E-state index is -0.570. The third kappa shape index (κ3) is 7.48. The fourth-order valence-corrected chi connectivity index (χ4v) is 4.73. The first-order valence-corrected chi connectivity index (χ1v) is 12.7. The number of hydrogen-bond donors (Lipinski definition) is 2. The number of primary amides is 1. The molecule has 0 unspecified atom stereocenters. The first kappa shape index (κ1) is 27.5. The summed E-state index contributed by atoms with van der Waals surface area (Å²) in [6.45, 7) is 2.58. The van der Waals surface area contributed by atoms with Crippen LogP contribution >= 0.6 is 23.8 Å². The van der Waals surface area contributed by atoms with Crippen molar-refractivity contribution in [2.45, 2.75) is 51.6 Å². The van der Waals surface area contributed by atoms with Crippen LogP contribution < -0.4 is 25.3 Å². The van der Waals surface area contributed by atoms with E-state index in [1.165, 1.54) is 13.5 Å².